The van der Waals surface area contributed by atoms with Gasteiger partial charge in [0.2, 0.25) is 0 Å². The largest absolute Gasteiger partial charge is 0.294 e. The lowest BCUT2D eigenvalue weighted by Gasteiger charge is -2.30. The third-order valence-corrected chi connectivity index (χ3v) is 4.13. The molecule has 0 bridgehead atoms. The Bertz CT molecular complexity index is 880. The van der Waals surface area contributed by atoms with Gasteiger partial charge in [0.15, 0.2) is 5.78 Å². The highest BCUT2D eigenvalue weighted by Crippen LogP contribution is 2.38. The first-order chi connectivity index (χ1) is 10.6. The van der Waals surface area contributed by atoms with Crippen molar-refractivity contribution in [2.24, 2.45) is 5.41 Å². The number of carbonyl (C=O) groups excluding carboxylic acids is 1. The Hall–Kier alpha value is -2.56. The fraction of sp³-hybridized carbons (Fsp3) is 0.294. The standard InChI is InChI=1S/C17H16N4O/c1-17(2)8-12-14(13(22)9-17)15(11-6-4-3-5-7-11)20-16-18-10-19-21(12)16/h3-7,10H,8-9H2,1-2H3. The highest BCUT2D eigenvalue weighted by atomic mass is 16.1. The summed E-state index contributed by atoms with van der Waals surface area (Å²) >= 11 is 0. The minimum Gasteiger partial charge on any atom is -0.294 e. The van der Waals surface area contributed by atoms with Crippen LogP contribution in [0.25, 0.3) is 17.0 Å². The molecule has 0 aliphatic heterocycles. The van der Waals surface area contributed by atoms with Crippen LogP contribution < -0.4 is 0 Å². The highest BCUT2D eigenvalue weighted by molar-refractivity contribution is 6.04. The molecular formula is C17H16N4O. The predicted molar refractivity (Wildman–Crippen MR) is 82.7 cm³/mol. The van der Waals surface area contributed by atoms with E-state index in [0.29, 0.717) is 17.8 Å². The summed E-state index contributed by atoms with van der Waals surface area (Å²) in [4.78, 5) is 21.6. The Balaban J connectivity index is 2.07. The van der Waals surface area contributed by atoms with Crippen molar-refractivity contribution in [2.75, 3.05) is 0 Å². The molecule has 0 radical (unpaired) electrons. The Morgan fingerprint density at radius 1 is 1.14 bits per heavy atom. The number of aromatic nitrogens is 4. The number of nitrogens with zero attached hydrogens (tertiary/aromatic N) is 4. The normalized spacial score (nSPS) is 16.7. The van der Waals surface area contributed by atoms with Gasteiger partial charge in [0.25, 0.3) is 5.78 Å². The van der Waals surface area contributed by atoms with E-state index in [9.17, 15) is 4.79 Å². The van der Waals surface area contributed by atoms with E-state index in [1.165, 1.54) is 6.33 Å². The van der Waals surface area contributed by atoms with E-state index >= 15 is 0 Å². The van der Waals surface area contributed by atoms with Crippen LogP contribution in [-0.4, -0.2) is 25.4 Å². The van der Waals surface area contributed by atoms with Gasteiger partial charge in [-0.3, -0.25) is 4.79 Å². The minimum atomic E-state index is -0.0712. The molecular weight excluding hydrogens is 276 g/mol. The van der Waals surface area contributed by atoms with Gasteiger partial charge in [-0.05, 0) is 11.8 Å². The average Bonchev–Trinajstić information content (AvgIpc) is 2.94. The molecule has 0 fully saturated rings. The summed E-state index contributed by atoms with van der Waals surface area (Å²) in [6, 6.07) is 9.81. The summed E-state index contributed by atoms with van der Waals surface area (Å²) in [5, 5.41) is 4.26. The van der Waals surface area contributed by atoms with Crippen molar-refractivity contribution in [1.82, 2.24) is 19.6 Å². The maximum Gasteiger partial charge on any atom is 0.252 e. The summed E-state index contributed by atoms with van der Waals surface area (Å²) in [5.74, 6) is 0.679. The highest BCUT2D eigenvalue weighted by Gasteiger charge is 2.35. The zero-order valence-corrected chi connectivity index (χ0v) is 12.6. The van der Waals surface area contributed by atoms with Crippen LogP contribution in [0.5, 0.6) is 0 Å². The van der Waals surface area contributed by atoms with Gasteiger partial charge in [-0.15, -0.1) is 0 Å². The predicted octanol–water partition coefficient (Wildman–Crippen LogP) is 2.95. The molecule has 0 amide bonds. The Morgan fingerprint density at radius 3 is 2.68 bits per heavy atom. The molecule has 0 spiro atoms. The van der Waals surface area contributed by atoms with Gasteiger partial charge in [0, 0.05) is 12.0 Å². The molecule has 3 aromatic rings. The monoisotopic (exact) mass is 292 g/mol. The Labute approximate surface area is 128 Å². The molecule has 2 aromatic heterocycles. The van der Waals surface area contributed by atoms with E-state index < -0.39 is 0 Å². The first-order valence-electron chi connectivity index (χ1n) is 7.36. The van der Waals surface area contributed by atoms with Crippen molar-refractivity contribution in [3.05, 3.63) is 47.9 Å². The number of Topliss-reactive ketones (excluding diaryl/α,β-unsaturated/α-hetero) is 1. The third-order valence-electron chi connectivity index (χ3n) is 4.13. The molecule has 4 rings (SSSR count). The van der Waals surface area contributed by atoms with Crippen LogP contribution in [0.15, 0.2) is 36.7 Å². The van der Waals surface area contributed by atoms with Crippen molar-refractivity contribution < 1.29 is 4.79 Å². The second kappa shape index (κ2) is 4.47. The maximum absolute atomic E-state index is 12.8. The van der Waals surface area contributed by atoms with E-state index in [4.69, 9.17) is 0 Å². The fourth-order valence-corrected chi connectivity index (χ4v) is 3.20. The molecule has 1 aliphatic carbocycles. The first-order valence-corrected chi connectivity index (χ1v) is 7.36. The zero-order valence-electron chi connectivity index (χ0n) is 12.6. The quantitative estimate of drug-likeness (QED) is 0.692. The van der Waals surface area contributed by atoms with E-state index in [1.807, 2.05) is 30.3 Å². The number of ketones is 1. The number of hydrogen-bond acceptors (Lipinski definition) is 4. The number of hydrogen-bond donors (Lipinski definition) is 0. The topological polar surface area (TPSA) is 60.2 Å². The van der Waals surface area contributed by atoms with E-state index in [2.05, 4.69) is 28.9 Å². The summed E-state index contributed by atoms with van der Waals surface area (Å²) in [5.41, 5.74) is 3.21. The van der Waals surface area contributed by atoms with Crippen LogP contribution in [0.1, 0.15) is 36.3 Å². The number of rotatable bonds is 1. The van der Waals surface area contributed by atoms with E-state index in [-0.39, 0.29) is 11.2 Å². The van der Waals surface area contributed by atoms with Crippen molar-refractivity contribution in [3.63, 3.8) is 0 Å². The fourth-order valence-electron chi connectivity index (χ4n) is 3.20. The number of carbonyl (C=O) groups is 1. The maximum atomic E-state index is 12.8. The molecule has 2 heterocycles. The van der Waals surface area contributed by atoms with E-state index in [1.54, 1.807) is 4.52 Å². The molecule has 0 atom stereocenters. The van der Waals surface area contributed by atoms with Crippen LogP contribution in [-0.2, 0) is 6.42 Å². The SMILES string of the molecule is CC1(C)CC(=O)c2c(-c3ccccc3)nc3ncnn3c2C1. The van der Waals surface area contributed by atoms with Crippen LogP contribution in [0.3, 0.4) is 0 Å². The van der Waals surface area contributed by atoms with Gasteiger partial charge in [-0.25, -0.2) is 9.50 Å². The lowest BCUT2D eigenvalue weighted by atomic mass is 9.75. The molecule has 1 aliphatic rings. The average molecular weight is 292 g/mol. The zero-order chi connectivity index (χ0) is 15.3. The number of fused-ring (bicyclic) bond motifs is 3. The van der Waals surface area contributed by atoms with Gasteiger partial charge >= 0.3 is 0 Å². The summed E-state index contributed by atoms with van der Waals surface area (Å²) in [6.45, 7) is 4.22. The molecule has 22 heavy (non-hydrogen) atoms. The lowest BCUT2D eigenvalue weighted by molar-refractivity contribution is 0.0909. The van der Waals surface area contributed by atoms with Crippen molar-refractivity contribution in [3.8, 4) is 11.3 Å². The molecule has 1 aromatic carbocycles. The molecule has 5 heteroatoms. The van der Waals surface area contributed by atoms with Gasteiger partial charge in [0.05, 0.1) is 17.0 Å². The Kier molecular flexibility index (Phi) is 2.66. The van der Waals surface area contributed by atoms with Crippen LogP contribution in [0, 0.1) is 5.41 Å². The molecule has 0 saturated heterocycles. The van der Waals surface area contributed by atoms with Gasteiger partial charge in [-0.2, -0.15) is 10.1 Å². The molecule has 110 valence electrons. The second-order valence-corrected chi connectivity index (χ2v) is 6.56. The second-order valence-electron chi connectivity index (χ2n) is 6.56. The molecule has 5 nitrogen and oxygen atoms in total. The van der Waals surface area contributed by atoms with Gasteiger partial charge in [0.1, 0.15) is 6.33 Å². The lowest BCUT2D eigenvalue weighted by Crippen LogP contribution is -2.30. The summed E-state index contributed by atoms with van der Waals surface area (Å²) in [7, 11) is 0. The molecule has 0 N–H and O–H groups in total. The molecule has 0 unspecified atom stereocenters. The van der Waals surface area contributed by atoms with Gasteiger partial charge in [-0.1, -0.05) is 44.2 Å². The molecule has 0 saturated carbocycles. The van der Waals surface area contributed by atoms with E-state index in [0.717, 1.165) is 23.4 Å². The van der Waals surface area contributed by atoms with Crippen LogP contribution >= 0.6 is 0 Å². The van der Waals surface area contributed by atoms with Gasteiger partial charge < -0.3 is 0 Å². The van der Waals surface area contributed by atoms with Crippen LogP contribution in [0.4, 0.5) is 0 Å². The smallest absolute Gasteiger partial charge is 0.252 e. The third kappa shape index (κ3) is 1.93. The Morgan fingerprint density at radius 2 is 1.91 bits per heavy atom. The van der Waals surface area contributed by atoms with Crippen molar-refractivity contribution in [1.29, 1.82) is 0 Å². The number of benzene rings is 1. The summed E-state index contributed by atoms with van der Waals surface area (Å²) in [6.07, 6.45) is 2.81. The first kappa shape index (κ1) is 13.1. The van der Waals surface area contributed by atoms with Crippen molar-refractivity contribution in [2.45, 2.75) is 26.7 Å². The van der Waals surface area contributed by atoms with Crippen LogP contribution in [0.2, 0.25) is 0 Å². The van der Waals surface area contributed by atoms with Crippen molar-refractivity contribution >= 4 is 11.6 Å². The summed E-state index contributed by atoms with van der Waals surface area (Å²) < 4.78 is 1.71. The minimum absolute atomic E-state index is 0.0712.